The minimum absolute atomic E-state index is 0.115. The van der Waals surface area contributed by atoms with Crippen molar-refractivity contribution in [3.63, 3.8) is 0 Å². The number of amides is 1. The minimum atomic E-state index is -3.93. The molecule has 0 aliphatic carbocycles. The average molecular weight is 328 g/mol. The molecule has 8 heteroatoms. The second kappa shape index (κ2) is 6.74. The molecule has 0 spiro atoms. The maximum Gasteiger partial charge on any atom is 0.255 e. The van der Waals surface area contributed by atoms with E-state index in [0.717, 1.165) is 13.1 Å². The van der Waals surface area contributed by atoms with Crippen LogP contribution in [0.5, 0.6) is 0 Å². The molecule has 1 atom stereocenters. The summed E-state index contributed by atoms with van der Waals surface area (Å²) in [7, 11) is -3.93. The average Bonchev–Trinajstić information content (AvgIpc) is 2.46. The fourth-order valence-corrected chi connectivity index (χ4v) is 3.44. The van der Waals surface area contributed by atoms with Gasteiger partial charge in [-0.05, 0) is 19.1 Å². The van der Waals surface area contributed by atoms with Crippen LogP contribution in [0.25, 0.3) is 0 Å². The molecule has 1 saturated heterocycles. The molecule has 4 N–H and O–H groups in total. The Morgan fingerprint density at radius 2 is 1.95 bits per heavy atom. The molecule has 122 valence electrons. The van der Waals surface area contributed by atoms with Crippen LogP contribution < -0.4 is 10.0 Å². The lowest BCUT2D eigenvalue weighted by Gasteiger charge is -2.33. The molecule has 0 bridgehead atoms. The van der Waals surface area contributed by atoms with Crippen molar-refractivity contribution < 1.29 is 23.2 Å². The van der Waals surface area contributed by atoms with Gasteiger partial charge in [-0.15, -0.1) is 0 Å². The third-order valence-electron chi connectivity index (χ3n) is 3.77. The SMILES string of the molecule is CC(O)C[NH+]1CCN(C(=O)c2ccccc2S(N)(=O)=O)CC1. The van der Waals surface area contributed by atoms with E-state index in [0.29, 0.717) is 19.6 Å². The summed E-state index contributed by atoms with van der Waals surface area (Å²) in [5.74, 6) is -0.319. The van der Waals surface area contributed by atoms with Crippen LogP contribution in [0.4, 0.5) is 0 Å². The number of rotatable bonds is 4. The molecule has 7 nitrogen and oxygen atoms in total. The first-order valence-electron chi connectivity index (χ1n) is 7.22. The van der Waals surface area contributed by atoms with Crippen molar-refractivity contribution in [2.75, 3.05) is 32.7 Å². The number of primary sulfonamides is 1. The van der Waals surface area contributed by atoms with Gasteiger partial charge in [0, 0.05) is 0 Å². The Hall–Kier alpha value is -1.48. The number of piperazine rings is 1. The molecule has 1 fully saturated rings. The van der Waals surface area contributed by atoms with Gasteiger partial charge in [-0.1, -0.05) is 12.1 Å². The number of nitrogens with two attached hydrogens (primary N) is 1. The first-order valence-corrected chi connectivity index (χ1v) is 8.76. The van der Waals surface area contributed by atoms with Gasteiger partial charge in [-0.3, -0.25) is 4.79 Å². The molecule has 1 aliphatic heterocycles. The zero-order valence-corrected chi connectivity index (χ0v) is 13.3. The summed E-state index contributed by atoms with van der Waals surface area (Å²) in [6.45, 7) is 4.91. The third-order valence-corrected chi connectivity index (χ3v) is 4.73. The number of hydrogen-bond acceptors (Lipinski definition) is 4. The van der Waals surface area contributed by atoms with E-state index < -0.39 is 10.0 Å². The normalized spacial score (nSPS) is 18.2. The molecular weight excluding hydrogens is 306 g/mol. The second-order valence-corrected chi connectivity index (χ2v) is 7.17. The van der Waals surface area contributed by atoms with Crippen LogP contribution in [-0.2, 0) is 10.0 Å². The van der Waals surface area contributed by atoms with E-state index in [9.17, 15) is 18.3 Å². The number of carbonyl (C=O) groups excluding carboxylic acids is 1. The molecule has 22 heavy (non-hydrogen) atoms. The van der Waals surface area contributed by atoms with Gasteiger partial charge in [0.05, 0.1) is 36.6 Å². The number of quaternary nitrogens is 1. The first kappa shape index (κ1) is 16.9. The molecule has 2 rings (SSSR count). The van der Waals surface area contributed by atoms with Gasteiger partial charge in [0.25, 0.3) is 5.91 Å². The quantitative estimate of drug-likeness (QED) is 0.598. The summed E-state index contributed by atoms with van der Waals surface area (Å²) in [5.41, 5.74) is 0.115. The lowest BCUT2D eigenvalue weighted by atomic mass is 10.1. The van der Waals surface area contributed by atoms with E-state index in [1.165, 1.54) is 17.0 Å². The Morgan fingerprint density at radius 1 is 1.36 bits per heavy atom. The Labute approximate surface area is 130 Å². The predicted octanol–water partition coefficient (Wildman–Crippen LogP) is -1.94. The van der Waals surface area contributed by atoms with E-state index in [1.54, 1.807) is 24.0 Å². The number of nitrogens with one attached hydrogen (secondary N) is 1. The maximum absolute atomic E-state index is 12.5. The van der Waals surface area contributed by atoms with E-state index >= 15 is 0 Å². The van der Waals surface area contributed by atoms with Crippen molar-refractivity contribution in [1.82, 2.24) is 4.90 Å². The lowest BCUT2D eigenvalue weighted by molar-refractivity contribution is -0.906. The Bertz CT molecular complexity index is 637. The van der Waals surface area contributed by atoms with E-state index in [1.807, 2.05) is 0 Å². The molecular formula is C14H22N3O4S+. The molecule has 1 aromatic carbocycles. The molecule has 1 unspecified atom stereocenters. The standard InChI is InChI=1S/C14H21N3O4S/c1-11(18)10-16-6-8-17(9-7-16)14(19)12-4-2-3-5-13(12)22(15,20)21/h2-5,11,18H,6-10H2,1H3,(H2,15,20,21)/p+1. The van der Waals surface area contributed by atoms with Crippen molar-refractivity contribution >= 4 is 15.9 Å². The van der Waals surface area contributed by atoms with E-state index in [2.05, 4.69) is 0 Å². The van der Waals surface area contributed by atoms with Crippen molar-refractivity contribution in [2.45, 2.75) is 17.9 Å². The molecule has 0 radical (unpaired) electrons. The molecule has 0 aromatic heterocycles. The molecule has 0 saturated carbocycles. The summed E-state index contributed by atoms with van der Waals surface area (Å²) in [5, 5.41) is 14.6. The first-order chi connectivity index (χ1) is 10.3. The second-order valence-electron chi connectivity index (χ2n) is 5.64. The molecule has 1 heterocycles. The van der Waals surface area contributed by atoms with Crippen molar-refractivity contribution in [3.8, 4) is 0 Å². The fourth-order valence-electron chi connectivity index (χ4n) is 2.71. The largest absolute Gasteiger partial charge is 0.388 e. The zero-order valence-electron chi connectivity index (χ0n) is 12.5. The highest BCUT2D eigenvalue weighted by Crippen LogP contribution is 2.16. The number of nitrogens with zero attached hydrogens (tertiary/aromatic N) is 1. The topological polar surface area (TPSA) is 105 Å². The van der Waals surface area contributed by atoms with Gasteiger partial charge in [-0.2, -0.15) is 0 Å². The number of carbonyl (C=O) groups is 1. The third kappa shape index (κ3) is 4.04. The van der Waals surface area contributed by atoms with Gasteiger partial charge in [0.1, 0.15) is 12.6 Å². The van der Waals surface area contributed by atoms with Crippen LogP contribution in [0.1, 0.15) is 17.3 Å². The van der Waals surface area contributed by atoms with Crippen LogP contribution in [0.2, 0.25) is 0 Å². The fraction of sp³-hybridized carbons (Fsp3) is 0.500. The summed E-state index contributed by atoms with van der Waals surface area (Å²) in [4.78, 5) is 15.3. The Morgan fingerprint density at radius 3 is 2.50 bits per heavy atom. The van der Waals surface area contributed by atoms with Crippen LogP contribution in [0, 0.1) is 0 Å². The Kier molecular flexibility index (Phi) is 5.17. The molecule has 1 amide bonds. The van der Waals surface area contributed by atoms with E-state index in [4.69, 9.17) is 5.14 Å². The van der Waals surface area contributed by atoms with Gasteiger partial charge >= 0.3 is 0 Å². The van der Waals surface area contributed by atoms with Gasteiger partial charge in [0.15, 0.2) is 0 Å². The number of sulfonamides is 1. The zero-order chi connectivity index (χ0) is 16.3. The summed E-state index contributed by atoms with van der Waals surface area (Å²) in [6, 6.07) is 5.99. The number of benzene rings is 1. The highest BCUT2D eigenvalue weighted by atomic mass is 32.2. The van der Waals surface area contributed by atoms with Crippen LogP contribution in [0.3, 0.4) is 0 Å². The molecule has 1 aliphatic rings. The number of aliphatic hydroxyl groups is 1. The van der Waals surface area contributed by atoms with Crippen LogP contribution in [-0.4, -0.2) is 63.2 Å². The number of aliphatic hydroxyl groups excluding tert-OH is 1. The monoisotopic (exact) mass is 328 g/mol. The van der Waals surface area contributed by atoms with Gasteiger partial charge < -0.3 is 14.9 Å². The highest BCUT2D eigenvalue weighted by Gasteiger charge is 2.28. The summed E-state index contributed by atoms with van der Waals surface area (Å²) >= 11 is 0. The van der Waals surface area contributed by atoms with Crippen molar-refractivity contribution in [1.29, 1.82) is 0 Å². The smallest absolute Gasteiger partial charge is 0.255 e. The summed E-state index contributed by atoms with van der Waals surface area (Å²) in [6.07, 6.45) is -0.375. The Balaban J connectivity index is 2.11. The number of hydrogen-bond donors (Lipinski definition) is 3. The van der Waals surface area contributed by atoms with Gasteiger partial charge in [0.2, 0.25) is 10.0 Å². The van der Waals surface area contributed by atoms with Crippen LogP contribution in [0.15, 0.2) is 29.2 Å². The molecule has 1 aromatic rings. The van der Waals surface area contributed by atoms with Crippen LogP contribution >= 0.6 is 0 Å². The van der Waals surface area contributed by atoms with Crippen molar-refractivity contribution in [2.24, 2.45) is 5.14 Å². The lowest BCUT2D eigenvalue weighted by Crippen LogP contribution is -3.15. The summed E-state index contributed by atoms with van der Waals surface area (Å²) < 4.78 is 23.2. The maximum atomic E-state index is 12.5. The van der Waals surface area contributed by atoms with Gasteiger partial charge in [-0.25, -0.2) is 13.6 Å². The van der Waals surface area contributed by atoms with Crippen molar-refractivity contribution in [3.05, 3.63) is 29.8 Å². The predicted molar refractivity (Wildman–Crippen MR) is 81.0 cm³/mol. The minimum Gasteiger partial charge on any atom is -0.388 e. The highest BCUT2D eigenvalue weighted by molar-refractivity contribution is 7.89. The van der Waals surface area contributed by atoms with E-state index in [-0.39, 0.29) is 22.5 Å².